The lowest BCUT2D eigenvalue weighted by atomic mass is 10.0. The van der Waals surface area contributed by atoms with Crippen LogP contribution < -0.4 is 0 Å². The van der Waals surface area contributed by atoms with Crippen LogP contribution in [-0.2, 0) is 9.59 Å². The van der Waals surface area contributed by atoms with Gasteiger partial charge in [-0.1, -0.05) is 25.1 Å². The molecule has 5 nitrogen and oxygen atoms in total. The van der Waals surface area contributed by atoms with Crippen LogP contribution >= 0.6 is 0 Å². The van der Waals surface area contributed by atoms with E-state index >= 15 is 0 Å². The van der Waals surface area contributed by atoms with Crippen LogP contribution in [0.5, 0.6) is 0 Å². The van der Waals surface area contributed by atoms with Crippen molar-refractivity contribution >= 4 is 22.8 Å². The number of furan rings is 1. The number of aliphatic carboxylic acids is 1. The maximum absolute atomic E-state index is 12.7. The average Bonchev–Trinajstić information content (AvgIpc) is 2.94. The first-order valence-electron chi connectivity index (χ1n) is 7.44. The van der Waals surface area contributed by atoms with Gasteiger partial charge in [0.1, 0.15) is 17.9 Å². The maximum Gasteiger partial charge on any atom is 0.323 e. The Hall–Kier alpha value is -2.30. The third-order valence-electron chi connectivity index (χ3n) is 3.95. The summed E-state index contributed by atoms with van der Waals surface area (Å²) >= 11 is 0. The number of hydrogen-bond donors (Lipinski definition) is 1. The quantitative estimate of drug-likeness (QED) is 0.889. The summed E-state index contributed by atoms with van der Waals surface area (Å²) in [5, 5.41) is 9.96. The van der Waals surface area contributed by atoms with E-state index in [9.17, 15) is 9.59 Å². The monoisotopic (exact) mass is 303 g/mol. The summed E-state index contributed by atoms with van der Waals surface area (Å²) in [6, 6.07) is 9.26. The van der Waals surface area contributed by atoms with Crippen LogP contribution in [0.1, 0.15) is 38.9 Å². The zero-order chi connectivity index (χ0) is 16.3. The van der Waals surface area contributed by atoms with Crippen molar-refractivity contribution in [2.45, 2.75) is 39.2 Å². The molecule has 1 amide bonds. The second-order valence-corrected chi connectivity index (χ2v) is 5.53. The first kappa shape index (κ1) is 16.1. The van der Waals surface area contributed by atoms with Crippen LogP contribution in [0.15, 0.2) is 34.7 Å². The number of carbonyl (C=O) groups excluding carboxylic acids is 1. The Kier molecular flexibility index (Phi) is 4.85. The molecule has 2 rings (SSSR count). The topological polar surface area (TPSA) is 70.8 Å². The number of nitrogens with zero attached hydrogens (tertiary/aromatic N) is 1. The number of carboxylic acid groups (broad SMARTS) is 1. The van der Waals surface area contributed by atoms with E-state index in [0.29, 0.717) is 12.2 Å². The fraction of sp³-hybridized carbons (Fsp3) is 0.412. The lowest BCUT2D eigenvalue weighted by molar-refractivity contribution is -0.146. The maximum atomic E-state index is 12.7. The second kappa shape index (κ2) is 6.64. The Morgan fingerprint density at radius 1 is 1.27 bits per heavy atom. The highest BCUT2D eigenvalue weighted by Crippen LogP contribution is 2.27. The largest absolute Gasteiger partial charge is 0.480 e. The normalized spacial score (nSPS) is 13.8. The van der Waals surface area contributed by atoms with Gasteiger partial charge in [0.15, 0.2) is 0 Å². The predicted octanol–water partition coefficient (Wildman–Crippen LogP) is 3.25. The van der Waals surface area contributed by atoms with Crippen molar-refractivity contribution in [3.05, 3.63) is 36.1 Å². The molecule has 5 heteroatoms. The van der Waals surface area contributed by atoms with E-state index in [4.69, 9.17) is 9.52 Å². The Morgan fingerprint density at radius 3 is 2.55 bits per heavy atom. The van der Waals surface area contributed by atoms with E-state index in [1.807, 2.05) is 44.2 Å². The zero-order valence-corrected chi connectivity index (χ0v) is 13.1. The van der Waals surface area contributed by atoms with Crippen LogP contribution in [0.4, 0.5) is 0 Å². The number of carbonyl (C=O) groups is 2. The van der Waals surface area contributed by atoms with Gasteiger partial charge >= 0.3 is 5.97 Å². The minimum atomic E-state index is -1.01. The number of carboxylic acids is 1. The van der Waals surface area contributed by atoms with Crippen LogP contribution in [-0.4, -0.2) is 34.5 Å². The Balaban J connectivity index is 2.26. The van der Waals surface area contributed by atoms with Crippen molar-refractivity contribution < 1.29 is 19.1 Å². The third-order valence-corrected chi connectivity index (χ3v) is 3.95. The fourth-order valence-corrected chi connectivity index (χ4v) is 2.40. The number of para-hydroxylation sites is 1. The molecule has 1 aromatic heterocycles. The number of fused-ring (bicyclic) bond motifs is 1. The predicted molar refractivity (Wildman–Crippen MR) is 83.7 cm³/mol. The molecular formula is C17H21NO4. The van der Waals surface area contributed by atoms with Crippen molar-refractivity contribution in [2.24, 2.45) is 0 Å². The van der Waals surface area contributed by atoms with Crippen molar-refractivity contribution in [3.8, 4) is 0 Å². The molecule has 1 aromatic carbocycles. The van der Waals surface area contributed by atoms with E-state index in [2.05, 4.69) is 0 Å². The summed E-state index contributed by atoms with van der Waals surface area (Å²) in [5.74, 6) is -1.19. The second-order valence-electron chi connectivity index (χ2n) is 5.53. The third kappa shape index (κ3) is 3.30. The Labute approximate surface area is 129 Å². The minimum absolute atomic E-state index is 0.129. The van der Waals surface area contributed by atoms with Gasteiger partial charge in [-0.2, -0.15) is 0 Å². The van der Waals surface area contributed by atoms with E-state index in [1.54, 1.807) is 6.92 Å². The lowest BCUT2D eigenvalue weighted by Crippen LogP contribution is -2.43. The van der Waals surface area contributed by atoms with Crippen LogP contribution in [0.3, 0.4) is 0 Å². The summed E-state index contributed by atoms with van der Waals surface area (Å²) in [6.45, 7) is 5.24. The SMILES string of the molecule is CCC(C)N(CC(=O)O)C(=O)C(C)c1cc2ccccc2o1. The number of hydrogen-bond acceptors (Lipinski definition) is 3. The fourth-order valence-electron chi connectivity index (χ4n) is 2.40. The standard InChI is InChI=1S/C17H21NO4/c1-4-11(2)18(10-16(19)20)17(21)12(3)15-9-13-7-5-6-8-14(13)22-15/h5-9,11-12H,4,10H2,1-3H3,(H,19,20). The molecule has 0 spiro atoms. The van der Waals surface area contributed by atoms with Crippen molar-refractivity contribution in [1.82, 2.24) is 4.90 Å². The van der Waals surface area contributed by atoms with Gasteiger partial charge in [-0.25, -0.2) is 0 Å². The van der Waals surface area contributed by atoms with E-state index in [0.717, 1.165) is 11.0 Å². The van der Waals surface area contributed by atoms with Crippen molar-refractivity contribution in [2.75, 3.05) is 6.54 Å². The highest BCUT2D eigenvalue weighted by atomic mass is 16.4. The molecular weight excluding hydrogens is 282 g/mol. The van der Waals surface area contributed by atoms with Crippen LogP contribution in [0.2, 0.25) is 0 Å². The molecule has 0 aliphatic carbocycles. The molecule has 0 aliphatic heterocycles. The molecule has 0 fully saturated rings. The Morgan fingerprint density at radius 2 is 1.95 bits per heavy atom. The van der Waals surface area contributed by atoms with Gasteiger partial charge in [-0.05, 0) is 32.4 Å². The zero-order valence-electron chi connectivity index (χ0n) is 13.1. The first-order valence-corrected chi connectivity index (χ1v) is 7.44. The van der Waals surface area contributed by atoms with Gasteiger partial charge in [-0.15, -0.1) is 0 Å². The molecule has 0 aliphatic rings. The molecule has 2 unspecified atom stereocenters. The van der Waals surface area contributed by atoms with Gasteiger partial charge in [-0.3, -0.25) is 9.59 Å². The smallest absolute Gasteiger partial charge is 0.323 e. The summed E-state index contributed by atoms with van der Waals surface area (Å²) in [6.07, 6.45) is 0.700. The van der Waals surface area contributed by atoms with Gasteiger partial charge in [0.2, 0.25) is 5.91 Å². The summed E-state index contributed by atoms with van der Waals surface area (Å²) < 4.78 is 5.72. The molecule has 0 saturated carbocycles. The molecule has 0 radical (unpaired) electrons. The highest BCUT2D eigenvalue weighted by Gasteiger charge is 2.28. The first-order chi connectivity index (χ1) is 10.4. The molecule has 22 heavy (non-hydrogen) atoms. The minimum Gasteiger partial charge on any atom is -0.480 e. The van der Waals surface area contributed by atoms with Gasteiger partial charge in [0.05, 0.1) is 5.92 Å². The van der Waals surface area contributed by atoms with E-state index in [-0.39, 0.29) is 18.5 Å². The summed E-state index contributed by atoms with van der Waals surface area (Å²) in [5.41, 5.74) is 0.727. The van der Waals surface area contributed by atoms with Gasteiger partial charge in [0, 0.05) is 11.4 Å². The molecule has 2 aromatic rings. The summed E-state index contributed by atoms with van der Waals surface area (Å²) in [4.78, 5) is 25.1. The highest BCUT2D eigenvalue weighted by molar-refractivity contribution is 5.88. The van der Waals surface area contributed by atoms with Gasteiger partial charge in [0.25, 0.3) is 0 Å². The van der Waals surface area contributed by atoms with E-state index in [1.165, 1.54) is 4.90 Å². The molecule has 118 valence electrons. The number of amides is 1. The summed E-state index contributed by atoms with van der Waals surface area (Å²) in [7, 11) is 0. The molecule has 0 bridgehead atoms. The molecule has 1 N–H and O–H groups in total. The Bertz CT molecular complexity index is 643. The molecule has 2 atom stereocenters. The number of rotatable bonds is 6. The van der Waals surface area contributed by atoms with Crippen molar-refractivity contribution in [3.63, 3.8) is 0 Å². The van der Waals surface area contributed by atoms with Crippen LogP contribution in [0, 0.1) is 0 Å². The lowest BCUT2D eigenvalue weighted by Gasteiger charge is -2.29. The van der Waals surface area contributed by atoms with E-state index < -0.39 is 11.9 Å². The molecule has 0 saturated heterocycles. The van der Waals surface area contributed by atoms with Gasteiger partial charge < -0.3 is 14.4 Å². The molecule has 1 heterocycles. The number of benzene rings is 1. The van der Waals surface area contributed by atoms with Crippen LogP contribution in [0.25, 0.3) is 11.0 Å². The van der Waals surface area contributed by atoms with Crippen molar-refractivity contribution in [1.29, 1.82) is 0 Å². The average molecular weight is 303 g/mol.